The average molecular weight is 350 g/mol. The number of hydrogen-bond donors (Lipinski definition) is 3. The zero-order valence-electron chi connectivity index (χ0n) is 14.5. The molecule has 1 amide bonds. The van der Waals surface area contributed by atoms with E-state index >= 15 is 0 Å². The average Bonchev–Trinajstić information content (AvgIpc) is 3.01. The van der Waals surface area contributed by atoms with E-state index in [1.807, 2.05) is 30.3 Å². The minimum absolute atomic E-state index is 0.105. The molecular weight excluding hydrogens is 328 g/mol. The monoisotopic (exact) mass is 350 g/mol. The van der Waals surface area contributed by atoms with Crippen molar-refractivity contribution in [3.05, 3.63) is 59.8 Å². The Kier molecular flexibility index (Phi) is 4.60. The minimum atomic E-state index is -0.105. The molecule has 2 aliphatic heterocycles. The van der Waals surface area contributed by atoms with Crippen molar-refractivity contribution in [1.29, 1.82) is 0 Å². The van der Waals surface area contributed by atoms with Crippen LogP contribution in [0.25, 0.3) is 5.57 Å². The van der Waals surface area contributed by atoms with Crippen LogP contribution in [0, 0.1) is 0 Å². The van der Waals surface area contributed by atoms with Gasteiger partial charge < -0.3 is 26.0 Å². The van der Waals surface area contributed by atoms with Gasteiger partial charge in [-0.3, -0.25) is 4.79 Å². The van der Waals surface area contributed by atoms with Gasteiger partial charge in [0.2, 0.25) is 0 Å². The number of nitrogens with one attached hydrogen (secondary N) is 2. The molecule has 2 aromatic rings. The van der Waals surface area contributed by atoms with Crippen molar-refractivity contribution < 1.29 is 9.53 Å². The van der Waals surface area contributed by atoms with Gasteiger partial charge in [0.25, 0.3) is 5.91 Å². The summed E-state index contributed by atoms with van der Waals surface area (Å²) in [6, 6.07) is 14.0. The molecule has 0 atom stereocenters. The summed E-state index contributed by atoms with van der Waals surface area (Å²) < 4.78 is 5.39. The van der Waals surface area contributed by atoms with Crippen molar-refractivity contribution in [3.8, 4) is 0 Å². The van der Waals surface area contributed by atoms with Gasteiger partial charge in [-0.1, -0.05) is 12.1 Å². The second-order valence-corrected chi connectivity index (χ2v) is 6.39. The Morgan fingerprint density at radius 2 is 1.92 bits per heavy atom. The molecule has 2 heterocycles. The zero-order chi connectivity index (χ0) is 17.9. The maximum absolute atomic E-state index is 12.2. The molecule has 2 aliphatic rings. The summed E-state index contributed by atoms with van der Waals surface area (Å²) in [6.07, 6.45) is 1.76. The number of carbonyl (C=O) groups is 1. The Bertz CT molecular complexity index is 839. The quantitative estimate of drug-likeness (QED) is 0.738. The summed E-state index contributed by atoms with van der Waals surface area (Å²) in [7, 11) is 0. The van der Waals surface area contributed by atoms with Crippen LogP contribution in [0.15, 0.2) is 48.7 Å². The van der Waals surface area contributed by atoms with Crippen molar-refractivity contribution in [3.63, 3.8) is 0 Å². The maximum Gasteiger partial charge on any atom is 0.257 e. The van der Waals surface area contributed by atoms with Crippen molar-refractivity contribution >= 4 is 28.5 Å². The predicted octanol–water partition coefficient (Wildman–Crippen LogP) is 2.39. The molecule has 4 rings (SSSR count). The SMILES string of the molecule is NCc1ccc2c(c1)NC(=O)C2=CNc1ccc(N2CCOCC2)cc1. The largest absolute Gasteiger partial charge is 0.378 e. The zero-order valence-corrected chi connectivity index (χ0v) is 14.5. The predicted molar refractivity (Wildman–Crippen MR) is 104 cm³/mol. The lowest BCUT2D eigenvalue weighted by Crippen LogP contribution is -2.36. The Morgan fingerprint density at radius 3 is 2.65 bits per heavy atom. The number of benzene rings is 2. The first-order valence-electron chi connectivity index (χ1n) is 8.79. The van der Waals surface area contributed by atoms with Gasteiger partial charge >= 0.3 is 0 Å². The van der Waals surface area contributed by atoms with Gasteiger partial charge in [-0.25, -0.2) is 0 Å². The van der Waals surface area contributed by atoms with Gasteiger partial charge in [0.15, 0.2) is 0 Å². The molecule has 0 aromatic heterocycles. The fraction of sp³-hybridized carbons (Fsp3) is 0.250. The van der Waals surface area contributed by atoms with Crippen molar-refractivity contribution in [2.75, 3.05) is 41.8 Å². The number of nitrogens with two attached hydrogens (primary N) is 1. The van der Waals surface area contributed by atoms with E-state index in [1.165, 1.54) is 5.69 Å². The van der Waals surface area contributed by atoms with E-state index in [1.54, 1.807) is 6.20 Å². The summed E-state index contributed by atoms with van der Waals surface area (Å²) >= 11 is 0. The summed E-state index contributed by atoms with van der Waals surface area (Å²) in [4.78, 5) is 14.6. The van der Waals surface area contributed by atoms with Crippen LogP contribution < -0.4 is 21.3 Å². The lowest BCUT2D eigenvalue weighted by atomic mass is 10.1. The molecule has 26 heavy (non-hydrogen) atoms. The third-order valence-corrected chi connectivity index (χ3v) is 4.73. The molecule has 4 N–H and O–H groups in total. The van der Waals surface area contributed by atoms with Gasteiger partial charge in [0.1, 0.15) is 0 Å². The second kappa shape index (κ2) is 7.19. The number of morpholine rings is 1. The molecule has 1 saturated heterocycles. The fourth-order valence-corrected chi connectivity index (χ4v) is 3.26. The van der Waals surface area contributed by atoms with E-state index in [4.69, 9.17) is 10.5 Å². The summed E-state index contributed by atoms with van der Waals surface area (Å²) in [5.41, 5.74) is 11.1. The molecule has 0 unspecified atom stereocenters. The van der Waals surface area contributed by atoms with Crippen LogP contribution >= 0.6 is 0 Å². The molecule has 0 bridgehead atoms. The first-order valence-corrected chi connectivity index (χ1v) is 8.79. The second-order valence-electron chi connectivity index (χ2n) is 6.39. The van der Waals surface area contributed by atoms with Crippen LogP contribution in [0.2, 0.25) is 0 Å². The van der Waals surface area contributed by atoms with E-state index in [0.29, 0.717) is 12.1 Å². The van der Waals surface area contributed by atoms with E-state index < -0.39 is 0 Å². The van der Waals surface area contributed by atoms with Crippen LogP contribution in [-0.4, -0.2) is 32.2 Å². The third kappa shape index (κ3) is 3.29. The van der Waals surface area contributed by atoms with Crippen molar-refractivity contribution in [2.45, 2.75) is 6.54 Å². The Labute approximate surface area is 152 Å². The maximum atomic E-state index is 12.2. The number of amides is 1. The molecule has 0 radical (unpaired) electrons. The van der Waals surface area contributed by atoms with E-state index in [-0.39, 0.29) is 5.91 Å². The van der Waals surface area contributed by atoms with Gasteiger partial charge in [-0.2, -0.15) is 0 Å². The molecular formula is C20H22N4O2. The number of fused-ring (bicyclic) bond motifs is 1. The molecule has 134 valence electrons. The third-order valence-electron chi connectivity index (χ3n) is 4.73. The number of carbonyl (C=O) groups excluding carboxylic acids is 1. The summed E-state index contributed by atoms with van der Waals surface area (Å²) in [5.74, 6) is -0.105. The standard InChI is InChI=1S/C20H22N4O2/c21-12-14-1-6-17-18(20(25)23-19(17)11-14)13-22-15-2-4-16(5-3-15)24-7-9-26-10-8-24/h1-6,11,13,22H,7-10,12,21H2,(H,23,25). The number of rotatable bonds is 4. The number of nitrogens with zero attached hydrogens (tertiary/aromatic N) is 1. The highest BCUT2D eigenvalue weighted by Gasteiger charge is 2.24. The highest BCUT2D eigenvalue weighted by atomic mass is 16.5. The van der Waals surface area contributed by atoms with Gasteiger partial charge in [0, 0.05) is 48.5 Å². The van der Waals surface area contributed by atoms with Crippen molar-refractivity contribution in [1.82, 2.24) is 0 Å². The highest BCUT2D eigenvalue weighted by Crippen LogP contribution is 2.32. The first-order chi connectivity index (χ1) is 12.7. The lowest BCUT2D eigenvalue weighted by Gasteiger charge is -2.28. The van der Waals surface area contributed by atoms with Gasteiger partial charge in [-0.15, -0.1) is 0 Å². The van der Waals surface area contributed by atoms with Crippen LogP contribution in [0.3, 0.4) is 0 Å². The number of hydrogen-bond acceptors (Lipinski definition) is 5. The molecule has 1 fully saturated rings. The minimum Gasteiger partial charge on any atom is -0.378 e. The van der Waals surface area contributed by atoms with E-state index in [2.05, 4.69) is 27.7 Å². The van der Waals surface area contributed by atoms with Crippen LogP contribution in [0.5, 0.6) is 0 Å². The van der Waals surface area contributed by atoms with Crippen LogP contribution in [0.4, 0.5) is 17.1 Å². The Morgan fingerprint density at radius 1 is 1.15 bits per heavy atom. The molecule has 0 spiro atoms. The Hall–Kier alpha value is -2.83. The smallest absolute Gasteiger partial charge is 0.257 e. The molecule has 6 heteroatoms. The number of anilines is 3. The summed E-state index contributed by atoms with van der Waals surface area (Å²) in [6.45, 7) is 3.83. The molecule has 2 aromatic carbocycles. The summed E-state index contributed by atoms with van der Waals surface area (Å²) in [5, 5.41) is 6.12. The number of ether oxygens (including phenoxy) is 1. The molecule has 0 aliphatic carbocycles. The fourth-order valence-electron chi connectivity index (χ4n) is 3.26. The lowest BCUT2D eigenvalue weighted by molar-refractivity contribution is -0.110. The topological polar surface area (TPSA) is 79.6 Å². The molecule has 0 saturated carbocycles. The molecule has 6 nitrogen and oxygen atoms in total. The Balaban J connectivity index is 1.49. The normalized spacial score (nSPS) is 18.0. The van der Waals surface area contributed by atoms with Gasteiger partial charge in [0.05, 0.1) is 18.8 Å². The van der Waals surface area contributed by atoms with Crippen molar-refractivity contribution in [2.24, 2.45) is 5.73 Å². The van der Waals surface area contributed by atoms with Crippen LogP contribution in [-0.2, 0) is 16.1 Å². The van der Waals surface area contributed by atoms with Crippen LogP contribution in [0.1, 0.15) is 11.1 Å². The first kappa shape index (κ1) is 16.6. The highest BCUT2D eigenvalue weighted by molar-refractivity contribution is 6.31. The van der Waals surface area contributed by atoms with E-state index in [0.717, 1.165) is 48.8 Å². The van der Waals surface area contributed by atoms with E-state index in [9.17, 15) is 4.79 Å². The van der Waals surface area contributed by atoms with Gasteiger partial charge in [-0.05, 0) is 35.9 Å².